The number of anilines is 1. The molecule has 1 aliphatic rings. The van der Waals surface area contributed by atoms with Crippen LogP contribution in [0.15, 0.2) is 47.4 Å². The number of aliphatic hydroxyl groups excluding tert-OH is 1. The Labute approximate surface area is 214 Å². The van der Waals surface area contributed by atoms with E-state index in [-0.39, 0.29) is 11.6 Å². The molecule has 2 aromatic rings. The smallest absolute Gasteiger partial charge is 0.380 e. The number of carbonyl (C=O) groups is 1. The topological polar surface area (TPSA) is 152 Å². The summed E-state index contributed by atoms with van der Waals surface area (Å²) in [4.78, 5) is 28.1. The highest BCUT2D eigenvalue weighted by atomic mass is 31.2. The number of hydrogen-bond donors (Lipinski definition) is 2. The van der Waals surface area contributed by atoms with E-state index in [4.69, 9.17) is 27.0 Å². The lowest BCUT2D eigenvalue weighted by molar-refractivity contribution is -0.151. The second kappa shape index (κ2) is 11.7. The molecule has 3 N–H and O–H groups in total. The van der Waals surface area contributed by atoms with Gasteiger partial charge < -0.3 is 24.8 Å². The minimum atomic E-state index is -4.63. The number of aromatic nitrogens is 2. The van der Waals surface area contributed by atoms with Crippen LogP contribution in [0.2, 0.25) is 0 Å². The van der Waals surface area contributed by atoms with Crippen LogP contribution in [0.4, 0.5) is 14.6 Å². The normalized spacial score (nSPS) is 27.2. The molecule has 0 saturated carbocycles. The van der Waals surface area contributed by atoms with Gasteiger partial charge in [0.2, 0.25) is 5.67 Å². The predicted molar refractivity (Wildman–Crippen MR) is 129 cm³/mol. The number of hydrogen-bond acceptors (Lipinski definition) is 10. The molecule has 2 heterocycles. The minimum Gasteiger partial charge on any atom is -0.463 e. The van der Waals surface area contributed by atoms with Crippen molar-refractivity contribution in [3.63, 3.8) is 0 Å². The van der Waals surface area contributed by atoms with E-state index in [0.29, 0.717) is 4.57 Å². The van der Waals surface area contributed by atoms with Gasteiger partial charge in [-0.15, -0.1) is 0 Å². The van der Waals surface area contributed by atoms with Gasteiger partial charge in [-0.2, -0.15) is 4.98 Å². The number of nitrogens with two attached hydrogens (primary N) is 1. The highest BCUT2D eigenvalue weighted by Crippen LogP contribution is 2.51. The molecule has 0 radical (unpaired) electrons. The Kier molecular flexibility index (Phi) is 8.14. The zero-order valence-corrected chi connectivity index (χ0v) is 21.2. The lowest BCUT2D eigenvalue weighted by Gasteiger charge is -2.26. The molecule has 37 heavy (non-hydrogen) atoms. The second-order valence-corrected chi connectivity index (χ2v) is 10.7. The Morgan fingerprint density at radius 2 is 2.03 bits per heavy atom. The SMILES string of the molecule is [2H]C([2H])(O[P@](=O)(C[C@@H](C)C(=O)OC(C)C)Oc1ccccc1)[C@H]1O[C@@H](n2ccc(N)nc2=O)C(F)(CF)[C@H]1O. The van der Waals surface area contributed by atoms with Crippen molar-refractivity contribution in [3.05, 3.63) is 53.1 Å². The van der Waals surface area contributed by atoms with E-state index in [2.05, 4.69) is 4.98 Å². The fraction of sp³-hybridized carbons (Fsp3) is 0.522. The van der Waals surface area contributed by atoms with Crippen LogP contribution in [0, 0.1) is 5.92 Å². The fourth-order valence-corrected chi connectivity index (χ4v) is 5.20. The summed E-state index contributed by atoms with van der Waals surface area (Å²) in [7, 11) is -4.63. The van der Waals surface area contributed by atoms with Crippen molar-refractivity contribution < 1.29 is 44.5 Å². The molecule has 1 unspecified atom stereocenters. The van der Waals surface area contributed by atoms with Gasteiger partial charge in [0.15, 0.2) is 6.23 Å². The van der Waals surface area contributed by atoms with E-state index >= 15 is 4.39 Å². The first-order valence-corrected chi connectivity index (χ1v) is 13.0. The molecule has 3 rings (SSSR count). The van der Waals surface area contributed by atoms with Crippen molar-refractivity contribution in [1.29, 1.82) is 0 Å². The summed E-state index contributed by atoms with van der Waals surface area (Å²) in [5.74, 6) is -2.10. The minimum absolute atomic E-state index is 0.00470. The maximum atomic E-state index is 15.7. The van der Waals surface area contributed by atoms with Crippen LogP contribution >= 0.6 is 7.60 Å². The highest BCUT2D eigenvalue weighted by Gasteiger charge is 2.59. The number of para-hydroxylation sites is 1. The molecule has 6 atom stereocenters. The molecule has 11 nitrogen and oxygen atoms in total. The van der Waals surface area contributed by atoms with Crippen LogP contribution in [-0.4, -0.2) is 64.0 Å². The Bertz CT molecular complexity index is 1270. The molecular formula is C23H30F2N3O8P. The van der Waals surface area contributed by atoms with Crippen molar-refractivity contribution in [3.8, 4) is 5.75 Å². The first-order chi connectivity index (χ1) is 18.1. The molecule has 14 heteroatoms. The molecule has 1 aromatic heterocycles. The maximum Gasteiger partial charge on any atom is 0.380 e. The van der Waals surface area contributed by atoms with Gasteiger partial charge >= 0.3 is 19.3 Å². The number of carbonyl (C=O) groups excluding carboxylic acids is 1. The van der Waals surface area contributed by atoms with E-state index in [9.17, 15) is 23.7 Å². The third-order valence-corrected chi connectivity index (χ3v) is 7.19. The van der Waals surface area contributed by atoms with E-state index in [0.717, 1.165) is 12.3 Å². The molecule has 0 amide bonds. The van der Waals surface area contributed by atoms with Crippen molar-refractivity contribution in [2.24, 2.45) is 5.92 Å². The number of nitrogen functional groups attached to an aromatic ring is 1. The quantitative estimate of drug-likeness (QED) is 0.317. The maximum absolute atomic E-state index is 15.7. The zero-order chi connectivity index (χ0) is 29.2. The number of benzene rings is 1. The first kappa shape index (κ1) is 25.8. The van der Waals surface area contributed by atoms with Gasteiger partial charge in [-0.3, -0.25) is 13.9 Å². The third-order valence-electron chi connectivity index (χ3n) is 5.32. The van der Waals surface area contributed by atoms with Crippen LogP contribution < -0.4 is 15.9 Å². The van der Waals surface area contributed by atoms with E-state index in [1.165, 1.54) is 31.2 Å². The average molecular weight is 547 g/mol. The molecule has 204 valence electrons. The van der Waals surface area contributed by atoms with Crippen molar-refractivity contribution in [2.75, 3.05) is 25.1 Å². The van der Waals surface area contributed by atoms with Gasteiger partial charge in [-0.1, -0.05) is 25.1 Å². The van der Waals surface area contributed by atoms with Crippen LogP contribution in [-0.2, 0) is 23.4 Å². The largest absolute Gasteiger partial charge is 0.463 e. The van der Waals surface area contributed by atoms with Gasteiger partial charge in [-0.25, -0.2) is 18.1 Å². The van der Waals surface area contributed by atoms with E-state index in [1.54, 1.807) is 19.9 Å². The lowest BCUT2D eigenvalue weighted by atomic mass is 9.97. The van der Waals surface area contributed by atoms with Gasteiger partial charge in [0.1, 0.15) is 30.4 Å². The van der Waals surface area contributed by atoms with Gasteiger partial charge in [0, 0.05) is 6.20 Å². The van der Waals surface area contributed by atoms with Gasteiger partial charge in [-0.05, 0) is 32.0 Å². The number of halogens is 2. The highest BCUT2D eigenvalue weighted by molar-refractivity contribution is 7.54. The van der Waals surface area contributed by atoms with Crippen LogP contribution in [0.5, 0.6) is 5.75 Å². The lowest BCUT2D eigenvalue weighted by Crippen LogP contribution is -2.47. The van der Waals surface area contributed by atoms with E-state index in [1.807, 2.05) is 0 Å². The number of ether oxygens (including phenoxy) is 2. The van der Waals surface area contributed by atoms with Crippen LogP contribution in [0.3, 0.4) is 0 Å². The summed E-state index contributed by atoms with van der Waals surface area (Å²) < 4.78 is 82.0. The van der Waals surface area contributed by atoms with Crippen LogP contribution in [0.1, 0.15) is 29.7 Å². The standard InChI is InChI=1S/C23H30F2N3O8P/c1-14(2)34-20(30)15(3)12-37(32,36-16-7-5-4-6-8-16)33-11-17-19(29)23(25,13-24)21(35-17)28-10-9-18(26)27-22(28)31/h4-10,14-15,17,19,21,29H,11-13H2,1-3H3,(H2,26,27,31)/t15-,17-,19+,21-,23?,37-/m1/s1/i11D2. The zero-order valence-electron chi connectivity index (χ0n) is 22.3. The molecule has 1 aromatic carbocycles. The Balaban J connectivity index is 1.95. The van der Waals surface area contributed by atoms with E-state index < -0.39 is 74.8 Å². The summed E-state index contributed by atoms with van der Waals surface area (Å²) in [5, 5.41) is 10.7. The van der Waals surface area contributed by atoms with Crippen LogP contribution in [0.25, 0.3) is 0 Å². The average Bonchev–Trinajstić information content (AvgIpc) is 3.10. The molecule has 0 aliphatic carbocycles. The summed E-state index contributed by atoms with van der Waals surface area (Å²) in [6, 6.07) is 8.60. The molecule has 0 bridgehead atoms. The second-order valence-electron chi connectivity index (χ2n) is 8.75. The Hall–Kier alpha value is -2.86. The number of aliphatic hydroxyl groups is 1. The monoisotopic (exact) mass is 547 g/mol. The summed E-state index contributed by atoms with van der Waals surface area (Å²) in [5.41, 5.74) is 0.946. The first-order valence-electron chi connectivity index (χ1n) is 12.3. The summed E-state index contributed by atoms with van der Waals surface area (Å²) in [6.45, 7) is -0.621. The van der Waals surface area contributed by atoms with Gasteiger partial charge in [0.05, 0.1) is 27.5 Å². The third kappa shape index (κ3) is 6.72. The summed E-state index contributed by atoms with van der Waals surface area (Å²) >= 11 is 0. The molecule has 1 aliphatic heterocycles. The Morgan fingerprint density at radius 1 is 1.35 bits per heavy atom. The molecule has 0 spiro atoms. The molecule has 1 saturated heterocycles. The van der Waals surface area contributed by atoms with Crippen molar-refractivity contribution in [1.82, 2.24) is 9.55 Å². The number of rotatable bonds is 11. The number of alkyl halides is 2. The Morgan fingerprint density at radius 3 is 2.62 bits per heavy atom. The number of esters is 1. The predicted octanol–water partition coefficient (Wildman–Crippen LogP) is 2.64. The van der Waals surface area contributed by atoms with Gasteiger partial charge in [0.25, 0.3) is 0 Å². The summed E-state index contributed by atoms with van der Waals surface area (Å²) in [6.07, 6.45) is -7.26. The van der Waals surface area contributed by atoms with Crippen molar-refractivity contribution >= 4 is 19.4 Å². The molecule has 1 fully saturated rings. The fourth-order valence-electron chi connectivity index (χ4n) is 3.49. The molecular weight excluding hydrogens is 515 g/mol. The number of nitrogens with zero attached hydrogens (tertiary/aromatic N) is 2. The van der Waals surface area contributed by atoms with Crippen molar-refractivity contribution in [2.45, 2.75) is 51.0 Å².